The van der Waals surface area contributed by atoms with Crippen molar-refractivity contribution in [1.29, 1.82) is 0 Å². The molecule has 4 unspecified atom stereocenters. The fraction of sp³-hybridized carbons (Fsp3) is 0.542. The first kappa shape index (κ1) is 23.8. The third kappa shape index (κ3) is 4.96. The zero-order valence-corrected chi connectivity index (χ0v) is 20.7. The van der Waals surface area contributed by atoms with E-state index in [4.69, 9.17) is 0 Å². The van der Waals surface area contributed by atoms with Crippen molar-refractivity contribution in [3.8, 4) is 0 Å². The molecule has 4 rings (SSSR count). The summed E-state index contributed by atoms with van der Waals surface area (Å²) in [6.07, 6.45) is 7.96. The molecule has 1 aliphatic heterocycles. The first-order valence-electron chi connectivity index (χ1n) is 11.2. The molecule has 2 N–H and O–H groups in total. The van der Waals surface area contributed by atoms with Crippen molar-refractivity contribution < 1.29 is 9.59 Å². The summed E-state index contributed by atoms with van der Waals surface area (Å²) in [6.45, 7) is 4.11. The summed E-state index contributed by atoms with van der Waals surface area (Å²) in [5, 5.41) is 6.61. The molecule has 1 saturated carbocycles. The Kier molecular flexibility index (Phi) is 8.13. The summed E-state index contributed by atoms with van der Waals surface area (Å²) in [5.41, 5.74) is 2.65. The van der Waals surface area contributed by atoms with E-state index in [1.54, 1.807) is 7.05 Å². The summed E-state index contributed by atoms with van der Waals surface area (Å²) in [6, 6.07) is 8.72. The highest BCUT2D eigenvalue weighted by Gasteiger charge is 2.58. The lowest BCUT2D eigenvalue weighted by molar-refractivity contribution is -0.140. The maximum Gasteiger partial charge on any atom is 0.233 e. The van der Waals surface area contributed by atoms with Crippen molar-refractivity contribution in [2.24, 2.45) is 28.7 Å². The molecular weight excluding hydrogens is 503 g/mol. The number of hydrogen-bond donors (Lipinski definition) is 2. The number of allylic oxidation sites excluding steroid dienone is 2. The van der Waals surface area contributed by atoms with Crippen LogP contribution in [0.5, 0.6) is 0 Å². The van der Waals surface area contributed by atoms with Crippen LogP contribution in [0.4, 0.5) is 0 Å². The van der Waals surface area contributed by atoms with Gasteiger partial charge in [0.1, 0.15) is 0 Å². The van der Waals surface area contributed by atoms with E-state index < -0.39 is 0 Å². The zero-order chi connectivity index (χ0) is 21.1. The number of hydrogen-bond acceptors (Lipinski definition) is 3. The second-order valence-electron chi connectivity index (χ2n) is 8.53. The molecule has 2 aliphatic carbocycles. The Morgan fingerprint density at radius 1 is 1.00 bits per heavy atom. The number of nitrogens with zero attached hydrogens (tertiary/aromatic N) is 2. The minimum absolute atomic E-state index is 0. The molecule has 2 fully saturated rings. The lowest BCUT2D eigenvalue weighted by atomic mass is 9.85. The molecule has 2 bridgehead atoms. The number of carbonyl (C=O) groups excluding carboxylic acids is 2. The lowest BCUT2D eigenvalue weighted by Gasteiger charge is -2.18. The molecule has 4 atom stereocenters. The predicted molar refractivity (Wildman–Crippen MR) is 133 cm³/mol. The van der Waals surface area contributed by atoms with E-state index in [-0.39, 0.29) is 59.5 Å². The first-order chi connectivity index (χ1) is 14.6. The van der Waals surface area contributed by atoms with Crippen molar-refractivity contribution in [2.75, 3.05) is 26.7 Å². The molecule has 6 nitrogen and oxygen atoms in total. The van der Waals surface area contributed by atoms with Crippen LogP contribution in [0.25, 0.3) is 0 Å². The van der Waals surface area contributed by atoms with E-state index in [0.29, 0.717) is 13.1 Å². The van der Waals surface area contributed by atoms with Crippen molar-refractivity contribution in [2.45, 2.75) is 32.6 Å². The average Bonchev–Trinajstić information content (AvgIpc) is 3.45. The maximum absolute atomic E-state index is 12.7. The van der Waals surface area contributed by atoms with Crippen LogP contribution in [-0.4, -0.2) is 49.4 Å². The van der Waals surface area contributed by atoms with Crippen molar-refractivity contribution >= 4 is 41.8 Å². The number of rotatable bonds is 8. The van der Waals surface area contributed by atoms with Gasteiger partial charge in [0.2, 0.25) is 11.8 Å². The van der Waals surface area contributed by atoms with Crippen LogP contribution < -0.4 is 10.6 Å². The van der Waals surface area contributed by atoms with Gasteiger partial charge in [0, 0.05) is 26.7 Å². The molecule has 3 aliphatic rings. The van der Waals surface area contributed by atoms with Gasteiger partial charge < -0.3 is 10.6 Å². The summed E-state index contributed by atoms with van der Waals surface area (Å²) < 4.78 is 0. The molecule has 7 heteroatoms. The Balaban J connectivity index is 0.00000272. The third-order valence-electron chi connectivity index (χ3n) is 6.77. The second kappa shape index (κ2) is 10.6. The number of guanidine groups is 1. The van der Waals surface area contributed by atoms with Crippen LogP contribution in [-0.2, 0) is 22.4 Å². The number of halogens is 1. The highest BCUT2D eigenvalue weighted by atomic mass is 127. The molecule has 1 saturated heterocycles. The number of likely N-dealkylation sites (tertiary alicyclic amines) is 1. The van der Waals surface area contributed by atoms with Crippen LogP contribution in [0, 0.1) is 23.7 Å². The second-order valence-corrected chi connectivity index (χ2v) is 8.53. The highest BCUT2D eigenvalue weighted by molar-refractivity contribution is 14.0. The average molecular weight is 536 g/mol. The normalized spacial score (nSPS) is 26.3. The van der Waals surface area contributed by atoms with E-state index in [1.165, 1.54) is 16.0 Å². The number of carbonyl (C=O) groups is 2. The van der Waals surface area contributed by atoms with Crippen LogP contribution in [0.1, 0.15) is 30.9 Å². The summed E-state index contributed by atoms with van der Waals surface area (Å²) in [5.74, 6) is 1.19. The molecule has 0 aromatic heterocycles. The van der Waals surface area contributed by atoms with Crippen molar-refractivity contribution in [3.05, 3.63) is 47.5 Å². The summed E-state index contributed by atoms with van der Waals surface area (Å²) in [7, 11) is 1.75. The van der Waals surface area contributed by atoms with Crippen LogP contribution in [0.2, 0.25) is 0 Å². The van der Waals surface area contributed by atoms with E-state index in [0.717, 1.165) is 38.2 Å². The Morgan fingerprint density at radius 3 is 2.16 bits per heavy atom. The third-order valence-corrected chi connectivity index (χ3v) is 6.77. The smallest absolute Gasteiger partial charge is 0.233 e. The first-order valence-corrected chi connectivity index (χ1v) is 11.2. The van der Waals surface area contributed by atoms with Crippen LogP contribution >= 0.6 is 24.0 Å². The molecule has 1 aromatic carbocycles. The quantitative estimate of drug-likeness (QED) is 0.134. The molecule has 1 aromatic rings. The SMILES string of the molecule is CCc1ccc(CCNC(=NC)NCCCN2C(=O)C3C4C=CC(C4)C3C2=O)cc1.I. The number of benzene rings is 1. The maximum atomic E-state index is 12.7. The number of amides is 2. The minimum Gasteiger partial charge on any atom is -0.356 e. The standard InChI is InChI=1S/C24H32N4O2.HI/c1-3-16-5-7-17(8-6-16)11-13-27-24(25-2)26-12-4-14-28-22(29)20-18-9-10-19(15-18)21(20)23(28)30;/h5-10,18-21H,3-4,11-15H2,1-2H3,(H2,25,26,27);1H. The van der Waals surface area contributed by atoms with E-state index in [1.807, 2.05) is 0 Å². The van der Waals surface area contributed by atoms with Gasteiger partial charge in [-0.1, -0.05) is 43.3 Å². The number of fused-ring (bicyclic) bond motifs is 5. The van der Waals surface area contributed by atoms with Gasteiger partial charge in [-0.25, -0.2) is 0 Å². The van der Waals surface area contributed by atoms with E-state index in [9.17, 15) is 9.59 Å². The topological polar surface area (TPSA) is 73.8 Å². The Hall–Kier alpha value is -1.90. The van der Waals surface area contributed by atoms with E-state index >= 15 is 0 Å². The van der Waals surface area contributed by atoms with Crippen LogP contribution in [0.15, 0.2) is 41.4 Å². The van der Waals surface area contributed by atoms with Gasteiger partial charge in [-0.05, 0) is 48.6 Å². The molecule has 2 amide bonds. The van der Waals surface area contributed by atoms with Gasteiger partial charge in [0.05, 0.1) is 11.8 Å². The molecular formula is C24H33IN4O2. The number of aryl methyl sites for hydroxylation is 1. The van der Waals surface area contributed by atoms with Gasteiger partial charge in [0.15, 0.2) is 5.96 Å². The zero-order valence-electron chi connectivity index (χ0n) is 18.3. The van der Waals surface area contributed by atoms with Gasteiger partial charge in [0.25, 0.3) is 0 Å². The molecule has 31 heavy (non-hydrogen) atoms. The Bertz CT molecular complexity index is 822. The Labute approximate surface area is 202 Å². The predicted octanol–water partition coefficient (Wildman–Crippen LogP) is 2.77. The monoisotopic (exact) mass is 536 g/mol. The lowest BCUT2D eigenvalue weighted by Crippen LogP contribution is -2.40. The number of aliphatic imine (C=N–C) groups is 1. The molecule has 0 spiro atoms. The largest absolute Gasteiger partial charge is 0.356 e. The van der Waals surface area contributed by atoms with Gasteiger partial charge in [-0.2, -0.15) is 0 Å². The van der Waals surface area contributed by atoms with Crippen molar-refractivity contribution in [1.82, 2.24) is 15.5 Å². The van der Waals surface area contributed by atoms with Gasteiger partial charge in [-0.15, -0.1) is 24.0 Å². The number of imide groups is 1. The molecule has 1 heterocycles. The highest BCUT2D eigenvalue weighted by Crippen LogP contribution is 2.52. The van der Waals surface area contributed by atoms with Crippen molar-refractivity contribution in [3.63, 3.8) is 0 Å². The fourth-order valence-corrected chi connectivity index (χ4v) is 5.12. The minimum atomic E-state index is -0.0960. The summed E-state index contributed by atoms with van der Waals surface area (Å²) in [4.78, 5) is 31.2. The fourth-order valence-electron chi connectivity index (χ4n) is 5.12. The van der Waals surface area contributed by atoms with Gasteiger partial charge >= 0.3 is 0 Å². The number of nitrogens with one attached hydrogen (secondary N) is 2. The molecule has 168 valence electrons. The Morgan fingerprint density at radius 2 is 1.58 bits per heavy atom. The van der Waals surface area contributed by atoms with E-state index in [2.05, 4.69) is 59.0 Å². The summed E-state index contributed by atoms with van der Waals surface area (Å²) >= 11 is 0. The van der Waals surface area contributed by atoms with Gasteiger partial charge in [-0.3, -0.25) is 19.5 Å². The van der Waals surface area contributed by atoms with Crippen LogP contribution in [0.3, 0.4) is 0 Å². The molecule has 0 radical (unpaired) electrons.